The molecule has 0 fully saturated rings. The molecule has 0 aliphatic carbocycles. The highest BCUT2D eigenvalue weighted by Crippen LogP contribution is 2.22. The number of nitrogens with zero attached hydrogens (tertiary/aromatic N) is 1. The average molecular weight is 267 g/mol. The lowest BCUT2D eigenvalue weighted by Crippen LogP contribution is -2.28. The number of phenolic OH excluding ortho intramolecular Hbond substituents is 1. The molecule has 1 rings (SSSR count). The Labute approximate surface area is 112 Å². The van der Waals surface area contributed by atoms with Crippen LogP contribution in [0.1, 0.15) is 18.9 Å². The quantitative estimate of drug-likeness (QED) is 0.430. The molecule has 0 spiro atoms. The minimum atomic E-state index is 0.115. The zero-order valence-electron chi connectivity index (χ0n) is 10.4. The van der Waals surface area contributed by atoms with Crippen LogP contribution in [-0.4, -0.2) is 30.1 Å². The molecule has 0 aliphatic heterocycles. The fraction of sp³-hybridized carbons (Fsp3) is 0.333. The Balaban J connectivity index is 2.64. The maximum absolute atomic E-state index is 9.77. The summed E-state index contributed by atoms with van der Waals surface area (Å²) in [6.07, 6.45) is 2.41. The van der Waals surface area contributed by atoms with Crippen molar-refractivity contribution in [2.45, 2.75) is 13.3 Å². The van der Waals surface area contributed by atoms with E-state index >= 15 is 0 Å². The minimum Gasteiger partial charge on any atom is -0.507 e. The van der Waals surface area contributed by atoms with Gasteiger partial charge < -0.3 is 15.2 Å². The van der Waals surface area contributed by atoms with Crippen LogP contribution in [0, 0.1) is 0 Å². The van der Waals surface area contributed by atoms with Crippen molar-refractivity contribution < 1.29 is 9.84 Å². The van der Waals surface area contributed by atoms with Crippen molar-refractivity contribution in [2.24, 2.45) is 5.10 Å². The van der Waals surface area contributed by atoms with E-state index in [0.717, 1.165) is 6.42 Å². The number of hydrogen-bond donors (Lipinski definition) is 3. The summed E-state index contributed by atoms with van der Waals surface area (Å²) >= 11 is 4.85. The Morgan fingerprint density at radius 1 is 1.56 bits per heavy atom. The molecule has 0 aliphatic rings. The maximum atomic E-state index is 9.77. The molecule has 1 aromatic rings. The van der Waals surface area contributed by atoms with E-state index in [0.29, 0.717) is 23.0 Å². The summed E-state index contributed by atoms with van der Waals surface area (Å²) < 4.78 is 5.40. The zero-order valence-corrected chi connectivity index (χ0v) is 11.3. The van der Waals surface area contributed by atoms with Crippen LogP contribution in [0.25, 0.3) is 0 Å². The Kier molecular flexibility index (Phi) is 5.93. The standard InChI is InChI=1S/C12H17N3O2S/c1-3-6-17-10-5-4-9(11(16)7-10)8-14-15-12(18)13-2/h4-5,7-8,16H,3,6H2,1-2H3,(H2,13,15,18). The molecular formula is C12H17N3O2S. The van der Waals surface area contributed by atoms with E-state index in [1.165, 1.54) is 6.21 Å². The van der Waals surface area contributed by atoms with E-state index in [1.54, 1.807) is 25.2 Å². The van der Waals surface area contributed by atoms with Crippen LogP contribution in [0.15, 0.2) is 23.3 Å². The van der Waals surface area contributed by atoms with Gasteiger partial charge >= 0.3 is 0 Å². The third-order valence-electron chi connectivity index (χ3n) is 2.07. The number of rotatable bonds is 5. The maximum Gasteiger partial charge on any atom is 0.186 e. The van der Waals surface area contributed by atoms with Gasteiger partial charge in [0.1, 0.15) is 11.5 Å². The van der Waals surface area contributed by atoms with Gasteiger partial charge in [0.15, 0.2) is 5.11 Å². The third kappa shape index (κ3) is 4.58. The van der Waals surface area contributed by atoms with Gasteiger partial charge in [-0.2, -0.15) is 5.10 Å². The lowest BCUT2D eigenvalue weighted by Gasteiger charge is -2.06. The van der Waals surface area contributed by atoms with Crippen LogP contribution in [0.4, 0.5) is 0 Å². The summed E-state index contributed by atoms with van der Waals surface area (Å²) in [5.74, 6) is 0.759. The summed E-state index contributed by atoms with van der Waals surface area (Å²) in [7, 11) is 1.70. The first-order chi connectivity index (χ1) is 8.67. The number of hydrogen-bond acceptors (Lipinski definition) is 4. The van der Waals surface area contributed by atoms with Crippen LogP contribution in [0.3, 0.4) is 0 Å². The van der Waals surface area contributed by atoms with E-state index < -0.39 is 0 Å². The van der Waals surface area contributed by atoms with Gasteiger partial charge in [-0.1, -0.05) is 6.92 Å². The summed E-state index contributed by atoms with van der Waals surface area (Å²) in [6, 6.07) is 5.08. The van der Waals surface area contributed by atoms with Crippen molar-refractivity contribution in [3.8, 4) is 11.5 Å². The monoisotopic (exact) mass is 267 g/mol. The molecule has 0 aromatic heterocycles. The van der Waals surface area contributed by atoms with Crippen LogP contribution in [0.2, 0.25) is 0 Å². The van der Waals surface area contributed by atoms with Crippen LogP contribution in [0.5, 0.6) is 11.5 Å². The van der Waals surface area contributed by atoms with E-state index in [2.05, 4.69) is 15.8 Å². The molecule has 0 atom stereocenters. The van der Waals surface area contributed by atoms with Gasteiger partial charge in [0, 0.05) is 18.7 Å². The van der Waals surface area contributed by atoms with Crippen molar-refractivity contribution in [2.75, 3.05) is 13.7 Å². The Bertz CT molecular complexity index is 435. The second-order valence-corrected chi connectivity index (χ2v) is 3.93. The normalized spacial score (nSPS) is 10.3. The Morgan fingerprint density at radius 3 is 2.94 bits per heavy atom. The highest BCUT2D eigenvalue weighted by atomic mass is 32.1. The number of aromatic hydroxyl groups is 1. The van der Waals surface area contributed by atoms with Gasteiger partial charge in [0.25, 0.3) is 0 Å². The summed E-state index contributed by atoms with van der Waals surface area (Å²) in [5.41, 5.74) is 3.19. The lowest BCUT2D eigenvalue weighted by atomic mass is 10.2. The second kappa shape index (κ2) is 7.50. The molecule has 0 radical (unpaired) electrons. The first kappa shape index (κ1) is 14.2. The second-order valence-electron chi connectivity index (χ2n) is 3.52. The van der Waals surface area contributed by atoms with Crippen LogP contribution >= 0.6 is 12.2 Å². The molecule has 18 heavy (non-hydrogen) atoms. The molecule has 0 heterocycles. The van der Waals surface area contributed by atoms with E-state index in [1.807, 2.05) is 6.92 Å². The van der Waals surface area contributed by atoms with Crippen molar-refractivity contribution in [3.05, 3.63) is 23.8 Å². The average Bonchev–Trinajstić information content (AvgIpc) is 2.38. The Morgan fingerprint density at radius 2 is 2.33 bits per heavy atom. The molecule has 6 heteroatoms. The van der Waals surface area contributed by atoms with Gasteiger partial charge in [-0.3, -0.25) is 5.43 Å². The number of thiocarbonyl (C=S) groups is 1. The largest absolute Gasteiger partial charge is 0.507 e. The topological polar surface area (TPSA) is 65.9 Å². The third-order valence-corrected chi connectivity index (χ3v) is 2.37. The SMILES string of the molecule is CCCOc1ccc(C=NNC(=S)NC)c(O)c1. The molecule has 0 bridgehead atoms. The van der Waals surface area contributed by atoms with Gasteiger partial charge in [0.05, 0.1) is 12.8 Å². The van der Waals surface area contributed by atoms with E-state index in [-0.39, 0.29) is 5.75 Å². The molecule has 98 valence electrons. The number of nitrogens with one attached hydrogen (secondary N) is 2. The highest BCUT2D eigenvalue weighted by molar-refractivity contribution is 7.80. The fourth-order valence-corrected chi connectivity index (χ4v) is 1.21. The number of benzene rings is 1. The number of hydrazone groups is 1. The zero-order chi connectivity index (χ0) is 13.4. The molecule has 0 saturated heterocycles. The summed E-state index contributed by atoms with van der Waals surface area (Å²) in [4.78, 5) is 0. The molecule has 0 amide bonds. The lowest BCUT2D eigenvalue weighted by molar-refractivity contribution is 0.315. The molecule has 0 saturated carbocycles. The number of ether oxygens (including phenoxy) is 1. The first-order valence-corrected chi connectivity index (χ1v) is 6.04. The summed E-state index contributed by atoms with van der Waals surface area (Å²) in [5, 5.41) is 16.8. The van der Waals surface area contributed by atoms with Crippen LogP contribution < -0.4 is 15.5 Å². The van der Waals surface area contributed by atoms with Gasteiger partial charge in [-0.15, -0.1) is 0 Å². The van der Waals surface area contributed by atoms with Crippen molar-refractivity contribution in [1.82, 2.24) is 10.7 Å². The highest BCUT2D eigenvalue weighted by Gasteiger charge is 2.01. The van der Waals surface area contributed by atoms with Crippen molar-refractivity contribution in [3.63, 3.8) is 0 Å². The molecular weight excluding hydrogens is 250 g/mol. The minimum absolute atomic E-state index is 0.115. The molecule has 0 unspecified atom stereocenters. The first-order valence-electron chi connectivity index (χ1n) is 5.64. The predicted molar refractivity (Wildman–Crippen MR) is 76.3 cm³/mol. The van der Waals surface area contributed by atoms with Gasteiger partial charge in [-0.25, -0.2) is 0 Å². The fourth-order valence-electron chi connectivity index (χ4n) is 1.16. The molecule has 3 N–H and O–H groups in total. The van der Waals surface area contributed by atoms with Crippen molar-refractivity contribution in [1.29, 1.82) is 0 Å². The summed E-state index contributed by atoms with van der Waals surface area (Å²) in [6.45, 7) is 2.65. The van der Waals surface area contributed by atoms with E-state index in [9.17, 15) is 5.11 Å². The van der Waals surface area contributed by atoms with Gasteiger partial charge in [-0.05, 0) is 30.8 Å². The molecule has 1 aromatic carbocycles. The Hall–Kier alpha value is -1.82. The smallest absolute Gasteiger partial charge is 0.186 e. The molecule has 5 nitrogen and oxygen atoms in total. The number of phenols is 1. The van der Waals surface area contributed by atoms with Gasteiger partial charge in [0.2, 0.25) is 0 Å². The predicted octanol–water partition coefficient (Wildman–Crippen LogP) is 1.61. The van der Waals surface area contributed by atoms with Crippen LogP contribution in [-0.2, 0) is 0 Å². The van der Waals surface area contributed by atoms with Crippen molar-refractivity contribution >= 4 is 23.5 Å². The van der Waals surface area contributed by atoms with E-state index in [4.69, 9.17) is 17.0 Å².